The fourth-order valence-corrected chi connectivity index (χ4v) is 3.64. The number of primary amides is 1. The molecule has 1 saturated heterocycles. The van der Waals surface area contributed by atoms with Crippen LogP contribution in [0.3, 0.4) is 0 Å². The number of amides is 2. The number of benzene rings is 1. The number of alkyl halides is 4. The van der Waals surface area contributed by atoms with E-state index in [2.05, 4.69) is 4.98 Å². The van der Waals surface area contributed by atoms with E-state index in [0.717, 1.165) is 11.0 Å². The van der Waals surface area contributed by atoms with Crippen LogP contribution in [0.5, 0.6) is 11.6 Å². The maximum Gasteiger partial charge on any atom is 0.433 e. The first-order valence-corrected chi connectivity index (χ1v) is 10.6. The van der Waals surface area contributed by atoms with Gasteiger partial charge in [-0.1, -0.05) is 26.8 Å². The van der Waals surface area contributed by atoms with Gasteiger partial charge in [0.1, 0.15) is 29.8 Å². The molecule has 1 aliphatic heterocycles. The number of aliphatic hydroxyl groups is 1. The summed E-state index contributed by atoms with van der Waals surface area (Å²) in [6.07, 6.45) is -9.99. The predicted octanol–water partition coefficient (Wildman–Crippen LogP) is 4.23. The maximum absolute atomic E-state index is 13.6. The highest BCUT2D eigenvalue weighted by atomic mass is 19.4. The van der Waals surface area contributed by atoms with Crippen LogP contribution in [0.25, 0.3) is 0 Å². The largest absolute Gasteiger partial charge is 0.441 e. The molecule has 1 aromatic heterocycles. The Hall–Kier alpha value is -3.41. The fourth-order valence-electron chi connectivity index (χ4n) is 3.64. The SMILES string of the molecule is CC(C)(C)C(OC(N)=O)c1cc(Oc2cccc(C(=O)N3C[C@@H](F)[C@@H](O)C3)c2)nc(C(F)(F)F)c1. The third kappa shape index (κ3) is 6.38. The summed E-state index contributed by atoms with van der Waals surface area (Å²) in [4.78, 5) is 28.7. The molecule has 35 heavy (non-hydrogen) atoms. The second-order valence-corrected chi connectivity index (χ2v) is 9.23. The van der Waals surface area contributed by atoms with E-state index >= 15 is 0 Å². The molecule has 3 rings (SSSR count). The Labute approximate surface area is 198 Å². The number of carbonyl (C=O) groups is 2. The minimum absolute atomic E-state index is 0.00621. The van der Waals surface area contributed by atoms with E-state index < -0.39 is 53.5 Å². The molecular weight excluding hydrogens is 474 g/mol. The predicted molar refractivity (Wildman–Crippen MR) is 115 cm³/mol. The number of nitrogens with zero attached hydrogens (tertiary/aromatic N) is 2. The lowest BCUT2D eigenvalue weighted by Crippen LogP contribution is -2.29. The summed E-state index contributed by atoms with van der Waals surface area (Å²) in [5, 5.41) is 9.55. The number of likely N-dealkylation sites (tertiary alicyclic amines) is 1. The van der Waals surface area contributed by atoms with Crippen LogP contribution in [-0.4, -0.2) is 52.4 Å². The van der Waals surface area contributed by atoms with Crippen molar-refractivity contribution >= 4 is 12.0 Å². The molecule has 1 unspecified atom stereocenters. The van der Waals surface area contributed by atoms with E-state index in [1.807, 2.05) is 0 Å². The zero-order valence-corrected chi connectivity index (χ0v) is 19.2. The standard InChI is InChI=1S/C23H25F4N3O5/c1-22(2,3)19(35-21(28)33)13-8-17(23(25,26)27)29-18(9-13)34-14-6-4-5-12(7-14)20(32)30-10-15(24)16(31)11-30/h4-9,15-16,19,31H,10-11H2,1-3H3,(H2,28,33)/t15-,16+,19?/m1/s1. The number of hydrogen-bond acceptors (Lipinski definition) is 6. The quantitative estimate of drug-likeness (QED) is 0.595. The third-order valence-corrected chi connectivity index (χ3v) is 5.25. The first kappa shape index (κ1) is 26.2. The van der Waals surface area contributed by atoms with Gasteiger partial charge in [-0.15, -0.1) is 0 Å². The number of hydrogen-bond donors (Lipinski definition) is 2. The minimum Gasteiger partial charge on any atom is -0.441 e. The summed E-state index contributed by atoms with van der Waals surface area (Å²) >= 11 is 0. The molecule has 0 saturated carbocycles. The Balaban J connectivity index is 1.95. The van der Waals surface area contributed by atoms with Crippen molar-refractivity contribution in [3.63, 3.8) is 0 Å². The van der Waals surface area contributed by atoms with Gasteiger partial charge >= 0.3 is 12.3 Å². The molecule has 1 fully saturated rings. The van der Waals surface area contributed by atoms with Crippen LogP contribution in [0.2, 0.25) is 0 Å². The van der Waals surface area contributed by atoms with E-state index in [1.54, 1.807) is 20.8 Å². The van der Waals surface area contributed by atoms with E-state index in [9.17, 15) is 32.3 Å². The Bertz CT molecular complexity index is 1090. The van der Waals surface area contributed by atoms with Crippen LogP contribution in [-0.2, 0) is 10.9 Å². The zero-order chi connectivity index (χ0) is 26.1. The molecular formula is C23H25F4N3O5. The van der Waals surface area contributed by atoms with Gasteiger partial charge in [0.25, 0.3) is 5.91 Å². The van der Waals surface area contributed by atoms with Gasteiger partial charge in [-0.05, 0) is 24.3 Å². The molecule has 12 heteroatoms. The molecule has 0 spiro atoms. The Morgan fingerprint density at radius 2 is 1.86 bits per heavy atom. The molecule has 3 atom stereocenters. The lowest BCUT2D eigenvalue weighted by atomic mass is 9.84. The van der Waals surface area contributed by atoms with Gasteiger partial charge in [0, 0.05) is 29.2 Å². The molecule has 0 bridgehead atoms. The third-order valence-electron chi connectivity index (χ3n) is 5.25. The number of rotatable bonds is 5. The molecule has 2 amide bonds. The van der Waals surface area contributed by atoms with Crippen LogP contribution in [0.15, 0.2) is 36.4 Å². The van der Waals surface area contributed by atoms with Gasteiger partial charge in [0.2, 0.25) is 5.88 Å². The Kier molecular flexibility index (Phi) is 7.25. The normalized spacial score (nSPS) is 19.4. The number of carbonyl (C=O) groups excluding carboxylic acids is 2. The molecule has 1 aromatic carbocycles. The van der Waals surface area contributed by atoms with E-state index in [0.29, 0.717) is 0 Å². The highest BCUT2D eigenvalue weighted by molar-refractivity contribution is 5.94. The molecule has 8 nitrogen and oxygen atoms in total. The van der Waals surface area contributed by atoms with E-state index in [-0.39, 0.29) is 30.0 Å². The van der Waals surface area contributed by atoms with Gasteiger partial charge < -0.3 is 25.2 Å². The highest BCUT2D eigenvalue weighted by Crippen LogP contribution is 2.40. The van der Waals surface area contributed by atoms with Gasteiger partial charge in [0.05, 0.1) is 6.54 Å². The van der Waals surface area contributed by atoms with Gasteiger partial charge in [-0.2, -0.15) is 13.2 Å². The van der Waals surface area contributed by atoms with Crippen molar-refractivity contribution in [1.82, 2.24) is 9.88 Å². The molecule has 190 valence electrons. The number of aromatic nitrogens is 1. The second kappa shape index (κ2) is 9.68. The van der Waals surface area contributed by atoms with Crippen molar-refractivity contribution in [2.24, 2.45) is 11.1 Å². The van der Waals surface area contributed by atoms with Crippen molar-refractivity contribution in [2.45, 2.75) is 45.3 Å². The highest BCUT2D eigenvalue weighted by Gasteiger charge is 2.37. The lowest BCUT2D eigenvalue weighted by molar-refractivity contribution is -0.141. The van der Waals surface area contributed by atoms with Crippen LogP contribution in [0.4, 0.5) is 22.4 Å². The topological polar surface area (TPSA) is 115 Å². The van der Waals surface area contributed by atoms with Crippen LogP contribution < -0.4 is 10.5 Å². The molecule has 1 aliphatic rings. The van der Waals surface area contributed by atoms with Crippen LogP contribution in [0.1, 0.15) is 48.5 Å². The van der Waals surface area contributed by atoms with Crippen molar-refractivity contribution in [3.8, 4) is 11.6 Å². The van der Waals surface area contributed by atoms with Crippen molar-refractivity contribution in [1.29, 1.82) is 0 Å². The first-order chi connectivity index (χ1) is 16.1. The number of aliphatic hydroxyl groups excluding tert-OH is 1. The van der Waals surface area contributed by atoms with Crippen molar-refractivity contribution in [2.75, 3.05) is 13.1 Å². The fraction of sp³-hybridized carbons (Fsp3) is 0.435. The summed E-state index contributed by atoms with van der Waals surface area (Å²) in [7, 11) is 0. The maximum atomic E-state index is 13.6. The number of ether oxygens (including phenoxy) is 2. The molecule has 0 aliphatic carbocycles. The Morgan fingerprint density at radius 3 is 2.40 bits per heavy atom. The van der Waals surface area contributed by atoms with Gasteiger partial charge in [0.15, 0.2) is 0 Å². The number of halogens is 4. The van der Waals surface area contributed by atoms with E-state index in [4.69, 9.17) is 15.2 Å². The van der Waals surface area contributed by atoms with Crippen molar-refractivity contribution in [3.05, 3.63) is 53.2 Å². The lowest BCUT2D eigenvalue weighted by Gasteiger charge is -2.30. The van der Waals surface area contributed by atoms with Crippen molar-refractivity contribution < 1.29 is 41.7 Å². The summed E-state index contributed by atoms with van der Waals surface area (Å²) in [5.74, 6) is -1.04. The van der Waals surface area contributed by atoms with Gasteiger partial charge in [-0.3, -0.25) is 4.79 Å². The summed E-state index contributed by atoms with van der Waals surface area (Å²) < 4.78 is 64.9. The average Bonchev–Trinajstić information content (AvgIpc) is 3.08. The first-order valence-electron chi connectivity index (χ1n) is 10.6. The average molecular weight is 499 g/mol. The number of β-amino-alcohol motifs (C(OH)–C–C–N with tert-alkyl or cyclic N) is 1. The Morgan fingerprint density at radius 1 is 1.17 bits per heavy atom. The molecule has 2 heterocycles. The van der Waals surface area contributed by atoms with Crippen LogP contribution in [0, 0.1) is 5.41 Å². The molecule has 2 aromatic rings. The summed E-state index contributed by atoms with van der Waals surface area (Å²) in [6.45, 7) is 4.50. The smallest absolute Gasteiger partial charge is 0.433 e. The summed E-state index contributed by atoms with van der Waals surface area (Å²) in [5.41, 5.74) is 3.06. The second-order valence-electron chi connectivity index (χ2n) is 9.23. The molecule has 0 radical (unpaired) electrons. The van der Waals surface area contributed by atoms with E-state index in [1.165, 1.54) is 30.3 Å². The number of nitrogens with two attached hydrogens (primary N) is 1. The summed E-state index contributed by atoms with van der Waals surface area (Å²) in [6, 6.07) is 7.46. The van der Waals surface area contributed by atoms with Crippen LogP contribution >= 0.6 is 0 Å². The minimum atomic E-state index is -4.83. The monoisotopic (exact) mass is 499 g/mol. The van der Waals surface area contributed by atoms with Gasteiger partial charge in [-0.25, -0.2) is 14.2 Å². The zero-order valence-electron chi connectivity index (χ0n) is 19.2. The number of pyridine rings is 1. The molecule has 3 N–H and O–H groups in total.